The van der Waals surface area contributed by atoms with Gasteiger partial charge in [-0.1, -0.05) is 23.7 Å². The molecule has 1 fully saturated rings. The van der Waals surface area contributed by atoms with E-state index in [-0.39, 0.29) is 12.5 Å². The van der Waals surface area contributed by atoms with Gasteiger partial charge in [0.1, 0.15) is 12.6 Å². The molecule has 32 heavy (non-hydrogen) atoms. The van der Waals surface area contributed by atoms with Crippen LogP contribution in [0.5, 0.6) is 11.5 Å². The molecule has 0 saturated carbocycles. The maximum Gasteiger partial charge on any atom is 0.325 e. The van der Waals surface area contributed by atoms with Gasteiger partial charge in [-0.15, -0.1) is 0 Å². The zero-order valence-electron chi connectivity index (χ0n) is 17.2. The van der Waals surface area contributed by atoms with Crippen molar-refractivity contribution in [1.29, 1.82) is 0 Å². The predicted molar refractivity (Wildman–Crippen MR) is 118 cm³/mol. The molecule has 0 unspecified atom stereocenters. The number of halogens is 1. The number of benzene rings is 2. The number of aliphatic carboxylic acids is 1. The number of carboxylic acid groups (broad SMARTS) is 1. The SMILES string of the molecule is O=C(O)[C@@H](c1c[nH]c2ccc(Cl)cc12)N1CCN(C(=O)[C@H]2COc3ccccc3O2)CC1. The molecule has 9 heteroatoms. The molecule has 2 N–H and O–H groups in total. The number of carbonyl (C=O) groups excluding carboxylic acids is 1. The number of para-hydroxylation sites is 2. The van der Waals surface area contributed by atoms with Crippen LogP contribution in [0.15, 0.2) is 48.7 Å². The molecule has 5 rings (SSSR count). The van der Waals surface area contributed by atoms with Gasteiger partial charge in [-0.2, -0.15) is 0 Å². The number of carbonyl (C=O) groups is 2. The van der Waals surface area contributed by atoms with Crippen molar-refractivity contribution in [1.82, 2.24) is 14.8 Å². The summed E-state index contributed by atoms with van der Waals surface area (Å²) in [7, 11) is 0. The lowest BCUT2D eigenvalue weighted by atomic mass is 10.0. The first-order valence-electron chi connectivity index (χ1n) is 10.4. The average molecular weight is 456 g/mol. The lowest BCUT2D eigenvalue weighted by molar-refractivity contribution is -0.147. The summed E-state index contributed by atoms with van der Waals surface area (Å²) < 4.78 is 11.5. The Kier molecular flexibility index (Phi) is 5.40. The number of amides is 1. The molecule has 0 aliphatic carbocycles. The number of fused-ring (bicyclic) bond motifs is 2. The Morgan fingerprint density at radius 2 is 1.84 bits per heavy atom. The van der Waals surface area contributed by atoms with Crippen molar-refractivity contribution >= 4 is 34.4 Å². The van der Waals surface area contributed by atoms with E-state index in [1.54, 1.807) is 35.4 Å². The molecule has 2 aromatic carbocycles. The van der Waals surface area contributed by atoms with Crippen molar-refractivity contribution in [3.05, 3.63) is 59.2 Å². The van der Waals surface area contributed by atoms with Crippen molar-refractivity contribution in [2.45, 2.75) is 12.1 Å². The molecular formula is C23H22ClN3O5. The Morgan fingerprint density at radius 1 is 1.09 bits per heavy atom. The Hall–Kier alpha value is -3.23. The van der Waals surface area contributed by atoms with Gasteiger partial charge in [0, 0.05) is 53.9 Å². The van der Waals surface area contributed by atoms with Gasteiger partial charge in [0.2, 0.25) is 6.10 Å². The van der Waals surface area contributed by atoms with Crippen LogP contribution in [-0.2, 0) is 9.59 Å². The molecule has 3 heterocycles. The summed E-state index contributed by atoms with van der Waals surface area (Å²) in [5, 5.41) is 11.3. The molecule has 166 valence electrons. The van der Waals surface area contributed by atoms with E-state index in [2.05, 4.69) is 4.98 Å². The standard InChI is InChI=1S/C23H22ClN3O5/c24-14-5-6-17-15(11-14)16(12-25-17)21(23(29)30)26-7-9-27(10-8-26)22(28)20-13-31-18-3-1-2-4-19(18)32-20/h1-6,11-12,20-21,25H,7-10,13H2,(H,29,30)/t20-,21-/m1/s1. The van der Waals surface area contributed by atoms with Crippen molar-refractivity contribution < 1.29 is 24.2 Å². The van der Waals surface area contributed by atoms with E-state index in [1.165, 1.54) is 0 Å². The molecule has 0 bridgehead atoms. The van der Waals surface area contributed by atoms with Crippen LogP contribution in [0.25, 0.3) is 10.9 Å². The van der Waals surface area contributed by atoms with E-state index in [9.17, 15) is 14.7 Å². The normalized spacial score (nSPS) is 19.7. The number of piperazine rings is 1. The zero-order valence-corrected chi connectivity index (χ0v) is 17.9. The quantitative estimate of drug-likeness (QED) is 0.628. The van der Waals surface area contributed by atoms with Crippen LogP contribution >= 0.6 is 11.6 Å². The molecule has 3 aromatic rings. The molecule has 8 nitrogen and oxygen atoms in total. The van der Waals surface area contributed by atoms with Crippen LogP contribution in [0.4, 0.5) is 0 Å². The summed E-state index contributed by atoms with van der Waals surface area (Å²) >= 11 is 6.14. The van der Waals surface area contributed by atoms with Gasteiger partial charge in [0.15, 0.2) is 11.5 Å². The third-order valence-corrected chi connectivity index (χ3v) is 6.21. The first-order chi connectivity index (χ1) is 15.5. The molecule has 0 radical (unpaired) electrons. The molecule has 2 aliphatic heterocycles. The summed E-state index contributed by atoms with van der Waals surface area (Å²) in [6, 6.07) is 11.8. The van der Waals surface area contributed by atoms with Crippen molar-refractivity contribution in [2.75, 3.05) is 32.8 Å². The number of rotatable bonds is 4. The minimum Gasteiger partial charge on any atom is -0.485 e. The monoisotopic (exact) mass is 455 g/mol. The van der Waals surface area contributed by atoms with E-state index in [4.69, 9.17) is 21.1 Å². The van der Waals surface area contributed by atoms with Gasteiger partial charge in [0.25, 0.3) is 5.91 Å². The molecule has 1 saturated heterocycles. The van der Waals surface area contributed by atoms with E-state index >= 15 is 0 Å². The van der Waals surface area contributed by atoms with Crippen molar-refractivity contribution in [3.8, 4) is 11.5 Å². The lowest BCUT2D eigenvalue weighted by Gasteiger charge is -2.39. The summed E-state index contributed by atoms with van der Waals surface area (Å²) in [6.45, 7) is 1.84. The predicted octanol–water partition coefficient (Wildman–Crippen LogP) is 2.93. The van der Waals surface area contributed by atoms with E-state index < -0.39 is 18.1 Å². The Balaban J connectivity index is 1.28. The lowest BCUT2D eigenvalue weighted by Crippen LogP contribution is -2.55. The fourth-order valence-electron chi connectivity index (χ4n) is 4.37. The number of hydrogen-bond acceptors (Lipinski definition) is 5. The first kappa shape index (κ1) is 20.7. The van der Waals surface area contributed by atoms with Crippen LogP contribution in [0, 0.1) is 0 Å². The second-order valence-corrected chi connectivity index (χ2v) is 8.34. The van der Waals surface area contributed by atoms with Gasteiger partial charge < -0.3 is 24.5 Å². The zero-order chi connectivity index (χ0) is 22.2. The molecular weight excluding hydrogens is 434 g/mol. The highest BCUT2D eigenvalue weighted by Gasteiger charge is 2.36. The van der Waals surface area contributed by atoms with Gasteiger partial charge in [-0.25, -0.2) is 0 Å². The van der Waals surface area contributed by atoms with Crippen LogP contribution in [-0.4, -0.2) is 70.7 Å². The van der Waals surface area contributed by atoms with Crippen LogP contribution in [0.2, 0.25) is 5.02 Å². The van der Waals surface area contributed by atoms with Gasteiger partial charge in [0.05, 0.1) is 0 Å². The number of nitrogens with one attached hydrogen (secondary N) is 1. The summed E-state index contributed by atoms with van der Waals surface area (Å²) in [6.07, 6.45) is 1.02. The maximum atomic E-state index is 13.0. The molecule has 1 amide bonds. The molecule has 2 atom stereocenters. The van der Waals surface area contributed by atoms with Gasteiger partial charge >= 0.3 is 5.97 Å². The Bertz CT molecular complexity index is 1170. The summed E-state index contributed by atoms with van der Waals surface area (Å²) in [5.41, 5.74) is 1.49. The Morgan fingerprint density at radius 3 is 2.59 bits per heavy atom. The minimum absolute atomic E-state index is 0.148. The number of aromatic nitrogens is 1. The molecule has 0 spiro atoms. The van der Waals surface area contributed by atoms with Crippen LogP contribution in [0.1, 0.15) is 11.6 Å². The van der Waals surface area contributed by atoms with Gasteiger partial charge in [-0.3, -0.25) is 14.5 Å². The number of H-pyrrole nitrogens is 1. The largest absolute Gasteiger partial charge is 0.485 e. The number of carboxylic acids is 1. The van der Waals surface area contributed by atoms with Gasteiger partial charge in [-0.05, 0) is 30.3 Å². The second-order valence-electron chi connectivity index (χ2n) is 7.90. The van der Waals surface area contributed by atoms with Crippen molar-refractivity contribution in [2.24, 2.45) is 0 Å². The smallest absolute Gasteiger partial charge is 0.325 e. The number of hydrogen-bond donors (Lipinski definition) is 2. The third-order valence-electron chi connectivity index (χ3n) is 5.98. The molecule has 1 aromatic heterocycles. The van der Waals surface area contributed by atoms with E-state index in [1.807, 2.05) is 23.1 Å². The fourth-order valence-corrected chi connectivity index (χ4v) is 4.54. The highest BCUT2D eigenvalue weighted by molar-refractivity contribution is 6.31. The summed E-state index contributed by atoms with van der Waals surface area (Å²) in [4.78, 5) is 31.9. The maximum absolute atomic E-state index is 13.0. The number of ether oxygens (including phenoxy) is 2. The van der Waals surface area contributed by atoms with E-state index in [0.29, 0.717) is 48.3 Å². The first-order valence-corrected chi connectivity index (χ1v) is 10.8. The topological polar surface area (TPSA) is 95.1 Å². The second kappa shape index (κ2) is 8.37. The van der Waals surface area contributed by atoms with E-state index in [0.717, 1.165) is 10.9 Å². The number of aromatic amines is 1. The minimum atomic E-state index is -0.939. The Labute approximate surface area is 189 Å². The average Bonchev–Trinajstić information content (AvgIpc) is 3.21. The van der Waals surface area contributed by atoms with Crippen LogP contribution in [0.3, 0.4) is 0 Å². The highest BCUT2D eigenvalue weighted by Crippen LogP contribution is 2.33. The number of nitrogens with zero attached hydrogens (tertiary/aromatic N) is 2. The fraction of sp³-hybridized carbons (Fsp3) is 0.304. The highest BCUT2D eigenvalue weighted by atomic mass is 35.5. The molecule has 2 aliphatic rings. The third kappa shape index (κ3) is 3.76. The summed E-state index contributed by atoms with van der Waals surface area (Å²) in [5.74, 6) is 0.0975. The van der Waals surface area contributed by atoms with Crippen molar-refractivity contribution in [3.63, 3.8) is 0 Å². The van der Waals surface area contributed by atoms with Crippen LogP contribution < -0.4 is 9.47 Å².